The van der Waals surface area contributed by atoms with Gasteiger partial charge in [-0.3, -0.25) is 4.79 Å². The Kier molecular flexibility index (Phi) is 5.74. The molecule has 0 aliphatic heterocycles. The maximum Gasteiger partial charge on any atom is 0.228 e. The third-order valence-corrected chi connectivity index (χ3v) is 3.81. The number of hydrogen-bond acceptors (Lipinski definition) is 5. The monoisotopic (exact) mass is 315 g/mol. The summed E-state index contributed by atoms with van der Waals surface area (Å²) in [5, 5.41) is 3.83. The number of benzene rings is 1. The maximum atomic E-state index is 11.9. The highest BCUT2D eigenvalue weighted by Crippen LogP contribution is 2.33. The summed E-state index contributed by atoms with van der Waals surface area (Å²) >= 11 is 1.58. The lowest BCUT2D eigenvalue weighted by atomic mass is 10.1. The standard InChI is InChI=1S/C13H17N3O2S.ClH/c1-7(6-14)13(17)16-9-5-12-10(4-11(9)18-3)15-8(2)19-12;/h4-5,7H,6,14H2,1-3H3,(H,16,17);1H. The van der Waals surface area contributed by atoms with Gasteiger partial charge < -0.3 is 15.8 Å². The number of nitrogens with one attached hydrogen (secondary N) is 1. The van der Waals surface area contributed by atoms with Crippen LogP contribution in [0.15, 0.2) is 12.1 Å². The summed E-state index contributed by atoms with van der Waals surface area (Å²) in [7, 11) is 1.57. The Labute approximate surface area is 127 Å². The van der Waals surface area contributed by atoms with E-state index < -0.39 is 0 Å². The van der Waals surface area contributed by atoms with Crippen LogP contribution < -0.4 is 15.8 Å². The van der Waals surface area contributed by atoms with Crippen molar-refractivity contribution >= 4 is 45.6 Å². The Morgan fingerprint density at radius 2 is 2.25 bits per heavy atom. The lowest BCUT2D eigenvalue weighted by Crippen LogP contribution is -2.26. The number of hydrogen-bond donors (Lipinski definition) is 2. The number of thiazole rings is 1. The van der Waals surface area contributed by atoms with E-state index in [1.54, 1.807) is 25.4 Å². The first-order valence-electron chi connectivity index (χ1n) is 6.01. The van der Waals surface area contributed by atoms with E-state index in [-0.39, 0.29) is 24.2 Å². The third kappa shape index (κ3) is 3.39. The molecule has 0 saturated carbocycles. The molecule has 0 fully saturated rings. The van der Waals surface area contributed by atoms with Gasteiger partial charge >= 0.3 is 0 Å². The molecule has 0 radical (unpaired) electrons. The molecule has 3 N–H and O–H groups in total. The van der Waals surface area contributed by atoms with Crippen LogP contribution in [0.3, 0.4) is 0 Å². The number of rotatable bonds is 4. The molecule has 0 aliphatic carbocycles. The molecule has 0 spiro atoms. The molecule has 0 bridgehead atoms. The zero-order valence-corrected chi connectivity index (χ0v) is 13.2. The number of nitrogens with two attached hydrogens (primary N) is 1. The Balaban J connectivity index is 0.00000200. The van der Waals surface area contributed by atoms with E-state index in [0.29, 0.717) is 18.0 Å². The number of carbonyl (C=O) groups is 1. The summed E-state index contributed by atoms with van der Waals surface area (Å²) < 4.78 is 6.32. The SMILES string of the molecule is COc1cc2nc(C)sc2cc1NC(=O)C(C)CN.Cl. The number of halogens is 1. The van der Waals surface area contributed by atoms with E-state index in [9.17, 15) is 4.79 Å². The van der Waals surface area contributed by atoms with Gasteiger partial charge in [-0.05, 0) is 13.0 Å². The highest BCUT2D eigenvalue weighted by atomic mass is 35.5. The lowest BCUT2D eigenvalue weighted by molar-refractivity contribution is -0.119. The number of aryl methyl sites for hydroxylation is 1. The summed E-state index contributed by atoms with van der Waals surface area (Å²) in [5.74, 6) is 0.264. The van der Waals surface area contributed by atoms with Gasteiger partial charge in [0, 0.05) is 18.5 Å². The normalized spacial score (nSPS) is 11.8. The first-order valence-corrected chi connectivity index (χ1v) is 6.83. The van der Waals surface area contributed by atoms with Crippen LogP contribution in [-0.4, -0.2) is 24.5 Å². The number of aromatic nitrogens is 1. The smallest absolute Gasteiger partial charge is 0.228 e. The van der Waals surface area contributed by atoms with Gasteiger partial charge in [-0.25, -0.2) is 4.98 Å². The summed E-state index contributed by atoms with van der Waals surface area (Å²) in [5.41, 5.74) is 7.03. The molecule has 0 saturated heterocycles. The molecule has 1 unspecified atom stereocenters. The summed E-state index contributed by atoms with van der Waals surface area (Å²) in [6.45, 7) is 4.05. The van der Waals surface area contributed by atoms with Crippen molar-refractivity contribution in [3.63, 3.8) is 0 Å². The van der Waals surface area contributed by atoms with E-state index in [0.717, 1.165) is 15.2 Å². The minimum absolute atomic E-state index is 0. The van der Waals surface area contributed by atoms with Crippen LogP contribution in [0.5, 0.6) is 5.75 Å². The number of nitrogens with zero attached hydrogens (tertiary/aromatic N) is 1. The van der Waals surface area contributed by atoms with Crippen LogP contribution in [0.25, 0.3) is 10.2 Å². The molecular weight excluding hydrogens is 298 g/mol. The highest BCUT2D eigenvalue weighted by Gasteiger charge is 2.15. The van der Waals surface area contributed by atoms with Gasteiger partial charge in [0.25, 0.3) is 0 Å². The minimum atomic E-state index is -0.233. The lowest BCUT2D eigenvalue weighted by Gasteiger charge is -2.13. The van der Waals surface area contributed by atoms with E-state index >= 15 is 0 Å². The van der Waals surface area contributed by atoms with E-state index in [1.807, 2.05) is 19.1 Å². The average Bonchev–Trinajstić information content (AvgIpc) is 2.75. The van der Waals surface area contributed by atoms with Crippen LogP contribution in [0.1, 0.15) is 11.9 Å². The van der Waals surface area contributed by atoms with E-state index in [1.165, 1.54) is 0 Å². The quantitative estimate of drug-likeness (QED) is 0.909. The first kappa shape index (κ1) is 16.7. The van der Waals surface area contributed by atoms with Gasteiger partial charge in [0.2, 0.25) is 5.91 Å². The zero-order valence-electron chi connectivity index (χ0n) is 11.6. The van der Waals surface area contributed by atoms with Crippen LogP contribution in [-0.2, 0) is 4.79 Å². The van der Waals surface area contributed by atoms with Gasteiger partial charge in [0.1, 0.15) is 5.75 Å². The number of methoxy groups -OCH3 is 1. The maximum absolute atomic E-state index is 11.9. The predicted octanol–water partition coefficient (Wildman–Crippen LogP) is 2.57. The van der Waals surface area contributed by atoms with E-state index in [2.05, 4.69) is 10.3 Å². The van der Waals surface area contributed by atoms with Crippen LogP contribution >= 0.6 is 23.7 Å². The molecule has 1 amide bonds. The van der Waals surface area contributed by atoms with Crippen molar-refractivity contribution in [1.82, 2.24) is 4.98 Å². The van der Waals surface area contributed by atoms with Crippen molar-refractivity contribution in [3.8, 4) is 5.75 Å². The minimum Gasteiger partial charge on any atom is -0.494 e. The molecule has 1 aromatic carbocycles. The summed E-state index contributed by atoms with van der Waals surface area (Å²) in [6, 6.07) is 3.72. The summed E-state index contributed by atoms with van der Waals surface area (Å²) in [4.78, 5) is 16.3. The first-order chi connectivity index (χ1) is 9.05. The highest BCUT2D eigenvalue weighted by molar-refractivity contribution is 7.18. The second-order valence-corrected chi connectivity index (χ2v) is 5.61. The van der Waals surface area contributed by atoms with Gasteiger partial charge in [-0.1, -0.05) is 6.92 Å². The zero-order chi connectivity index (χ0) is 14.0. The van der Waals surface area contributed by atoms with E-state index in [4.69, 9.17) is 10.5 Å². The van der Waals surface area contributed by atoms with Crippen LogP contribution in [0.4, 0.5) is 5.69 Å². The molecule has 7 heteroatoms. The molecule has 110 valence electrons. The number of carbonyl (C=O) groups excluding carboxylic acids is 1. The topological polar surface area (TPSA) is 77.2 Å². The average molecular weight is 316 g/mol. The number of amides is 1. The predicted molar refractivity (Wildman–Crippen MR) is 85.0 cm³/mol. The van der Waals surface area contributed by atoms with Gasteiger partial charge in [-0.2, -0.15) is 0 Å². The Bertz CT molecular complexity index is 615. The van der Waals surface area contributed by atoms with Crippen molar-refractivity contribution in [3.05, 3.63) is 17.1 Å². The van der Waals surface area contributed by atoms with Gasteiger partial charge in [-0.15, -0.1) is 23.7 Å². The third-order valence-electron chi connectivity index (χ3n) is 2.88. The molecule has 1 heterocycles. The molecule has 5 nitrogen and oxygen atoms in total. The van der Waals surface area contributed by atoms with Gasteiger partial charge in [0.05, 0.1) is 28.0 Å². The van der Waals surface area contributed by atoms with Crippen molar-refractivity contribution in [1.29, 1.82) is 0 Å². The molecular formula is C13H18ClN3O2S. The fourth-order valence-electron chi connectivity index (χ4n) is 1.70. The Morgan fingerprint density at radius 3 is 2.85 bits per heavy atom. The number of fused-ring (bicyclic) bond motifs is 1. The van der Waals surface area contributed by atoms with Crippen molar-refractivity contribution in [2.24, 2.45) is 11.7 Å². The fourth-order valence-corrected chi connectivity index (χ4v) is 2.55. The van der Waals surface area contributed by atoms with Crippen LogP contribution in [0.2, 0.25) is 0 Å². The fraction of sp³-hybridized carbons (Fsp3) is 0.385. The second kappa shape index (κ2) is 6.88. The summed E-state index contributed by atoms with van der Waals surface area (Å²) in [6.07, 6.45) is 0. The number of ether oxygens (including phenoxy) is 1. The molecule has 2 aromatic rings. The Hall–Kier alpha value is -1.37. The van der Waals surface area contributed by atoms with Crippen molar-refractivity contribution in [2.45, 2.75) is 13.8 Å². The molecule has 1 aromatic heterocycles. The second-order valence-electron chi connectivity index (χ2n) is 4.38. The largest absolute Gasteiger partial charge is 0.494 e. The van der Waals surface area contributed by atoms with Crippen LogP contribution in [0, 0.1) is 12.8 Å². The molecule has 20 heavy (non-hydrogen) atoms. The number of anilines is 1. The molecule has 0 aliphatic rings. The van der Waals surface area contributed by atoms with Crippen molar-refractivity contribution in [2.75, 3.05) is 19.0 Å². The Morgan fingerprint density at radius 1 is 1.55 bits per heavy atom. The van der Waals surface area contributed by atoms with Gasteiger partial charge in [0.15, 0.2) is 0 Å². The molecule has 2 rings (SSSR count). The van der Waals surface area contributed by atoms with Crippen molar-refractivity contribution < 1.29 is 9.53 Å². The molecule has 1 atom stereocenters.